The summed E-state index contributed by atoms with van der Waals surface area (Å²) in [7, 11) is 1.58. The maximum Gasteiger partial charge on any atom is 0.255 e. The third-order valence-electron chi connectivity index (χ3n) is 4.25. The van der Waals surface area contributed by atoms with E-state index in [9.17, 15) is 9.18 Å². The van der Waals surface area contributed by atoms with Crippen molar-refractivity contribution in [3.05, 3.63) is 58.1 Å². The van der Waals surface area contributed by atoms with Crippen LogP contribution in [-0.4, -0.2) is 54.0 Å². The molecule has 0 saturated carbocycles. The molecule has 3 rings (SSSR count). The predicted octanol–water partition coefficient (Wildman–Crippen LogP) is 2.95. The van der Waals surface area contributed by atoms with Gasteiger partial charge < -0.3 is 9.64 Å². The first-order valence-corrected chi connectivity index (χ1v) is 8.80. The first kappa shape index (κ1) is 17.8. The Bertz CT molecular complexity index is 764. The molecule has 1 amide bonds. The highest BCUT2D eigenvalue weighted by Crippen LogP contribution is 2.22. The summed E-state index contributed by atoms with van der Waals surface area (Å²) in [5, 5.41) is 0. The molecule has 0 spiro atoms. The summed E-state index contributed by atoms with van der Waals surface area (Å²) in [6.45, 7) is 3.31. The minimum Gasteiger partial charge on any atom is -0.496 e. The van der Waals surface area contributed by atoms with E-state index < -0.39 is 0 Å². The first-order valence-electron chi connectivity index (χ1n) is 8.01. The second kappa shape index (κ2) is 7.93. The predicted molar refractivity (Wildman–Crippen MR) is 96.1 cm³/mol. The fraction of sp³-hybridized carbons (Fsp3) is 0.333. The number of aromatic nitrogens is 1. The Hall–Kier alpha value is -1.99. The molecule has 132 valence electrons. The van der Waals surface area contributed by atoms with Gasteiger partial charge in [-0.05, 0) is 40.2 Å². The molecule has 0 bridgehead atoms. The maximum atomic E-state index is 13.5. The largest absolute Gasteiger partial charge is 0.496 e. The molecule has 5 nitrogen and oxygen atoms in total. The zero-order valence-electron chi connectivity index (χ0n) is 13.9. The van der Waals surface area contributed by atoms with Gasteiger partial charge in [0.05, 0.1) is 12.7 Å². The van der Waals surface area contributed by atoms with Crippen LogP contribution in [-0.2, 0) is 6.54 Å². The number of methoxy groups -OCH3 is 1. The van der Waals surface area contributed by atoms with Gasteiger partial charge in [-0.15, -0.1) is 0 Å². The highest BCUT2D eigenvalue weighted by molar-refractivity contribution is 9.10. The highest BCUT2D eigenvalue weighted by Gasteiger charge is 2.23. The number of carbonyl (C=O) groups is 1. The molecule has 25 heavy (non-hydrogen) atoms. The summed E-state index contributed by atoms with van der Waals surface area (Å²) < 4.78 is 19.6. The van der Waals surface area contributed by atoms with Crippen LogP contribution in [0.2, 0.25) is 0 Å². The van der Waals surface area contributed by atoms with E-state index in [2.05, 4.69) is 25.8 Å². The van der Waals surface area contributed by atoms with E-state index in [4.69, 9.17) is 4.74 Å². The molecule has 1 aliphatic rings. The van der Waals surface area contributed by atoms with E-state index in [0.29, 0.717) is 30.9 Å². The van der Waals surface area contributed by atoms with E-state index in [-0.39, 0.29) is 11.7 Å². The van der Waals surface area contributed by atoms with E-state index in [1.54, 1.807) is 31.6 Å². The molecule has 1 saturated heterocycles. The number of benzene rings is 1. The summed E-state index contributed by atoms with van der Waals surface area (Å²) in [4.78, 5) is 20.6. The third-order valence-corrected chi connectivity index (χ3v) is 4.68. The minimum atomic E-state index is -0.272. The number of amides is 1. The second-order valence-corrected chi connectivity index (χ2v) is 6.83. The zero-order valence-corrected chi connectivity index (χ0v) is 15.5. The van der Waals surface area contributed by atoms with Crippen LogP contribution < -0.4 is 4.74 Å². The SMILES string of the molecule is COc1ccc(F)cc1CN1CCN(C(=O)c2cncc(Br)c2)CC1. The topological polar surface area (TPSA) is 45.7 Å². The Balaban J connectivity index is 1.61. The van der Waals surface area contributed by atoms with Gasteiger partial charge in [-0.3, -0.25) is 14.7 Å². The van der Waals surface area contributed by atoms with Crippen molar-refractivity contribution in [2.75, 3.05) is 33.3 Å². The molecule has 0 aliphatic carbocycles. The molecule has 0 radical (unpaired) electrons. The van der Waals surface area contributed by atoms with Crippen LogP contribution >= 0.6 is 15.9 Å². The lowest BCUT2D eigenvalue weighted by molar-refractivity contribution is 0.0627. The quantitative estimate of drug-likeness (QED) is 0.781. The van der Waals surface area contributed by atoms with Crippen molar-refractivity contribution in [2.24, 2.45) is 0 Å². The van der Waals surface area contributed by atoms with Gasteiger partial charge in [-0.1, -0.05) is 0 Å². The van der Waals surface area contributed by atoms with E-state index in [1.165, 1.54) is 12.1 Å². The third kappa shape index (κ3) is 4.35. The molecule has 1 fully saturated rings. The molecular weight excluding hydrogens is 389 g/mol. The average Bonchev–Trinajstić information content (AvgIpc) is 2.62. The van der Waals surface area contributed by atoms with Gasteiger partial charge in [-0.25, -0.2) is 4.39 Å². The molecule has 1 aromatic carbocycles. The molecule has 2 aromatic rings. The van der Waals surface area contributed by atoms with Crippen molar-refractivity contribution in [3.8, 4) is 5.75 Å². The van der Waals surface area contributed by atoms with Crippen LogP contribution in [0, 0.1) is 5.82 Å². The number of rotatable bonds is 4. The van der Waals surface area contributed by atoms with Crippen molar-refractivity contribution >= 4 is 21.8 Å². The molecule has 1 aromatic heterocycles. The average molecular weight is 408 g/mol. The molecule has 0 unspecified atom stereocenters. The van der Waals surface area contributed by atoms with Gasteiger partial charge in [0.1, 0.15) is 11.6 Å². The lowest BCUT2D eigenvalue weighted by atomic mass is 10.1. The summed E-state index contributed by atoms with van der Waals surface area (Å²) >= 11 is 3.34. The Kier molecular flexibility index (Phi) is 5.65. The van der Waals surface area contributed by atoms with Gasteiger partial charge >= 0.3 is 0 Å². The monoisotopic (exact) mass is 407 g/mol. The van der Waals surface area contributed by atoms with Gasteiger partial charge in [0.2, 0.25) is 0 Å². The van der Waals surface area contributed by atoms with Crippen molar-refractivity contribution < 1.29 is 13.9 Å². The lowest BCUT2D eigenvalue weighted by Gasteiger charge is -2.35. The van der Waals surface area contributed by atoms with Gasteiger partial charge in [-0.2, -0.15) is 0 Å². The van der Waals surface area contributed by atoms with E-state index in [0.717, 1.165) is 23.1 Å². The Morgan fingerprint density at radius 3 is 2.68 bits per heavy atom. The van der Waals surface area contributed by atoms with Gasteiger partial charge in [0.25, 0.3) is 5.91 Å². The van der Waals surface area contributed by atoms with Crippen molar-refractivity contribution in [3.63, 3.8) is 0 Å². The standard InChI is InChI=1S/C18H19BrFN3O2/c1-25-17-3-2-16(20)9-14(17)12-22-4-6-23(7-5-22)18(24)13-8-15(19)11-21-10-13/h2-3,8-11H,4-7,12H2,1H3. The van der Waals surface area contributed by atoms with E-state index >= 15 is 0 Å². The molecular formula is C18H19BrFN3O2. The highest BCUT2D eigenvalue weighted by atomic mass is 79.9. The first-order chi connectivity index (χ1) is 12.1. The number of ether oxygens (including phenoxy) is 1. The lowest BCUT2D eigenvalue weighted by Crippen LogP contribution is -2.48. The number of carbonyl (C=O) groups excluding carboxylic acids is 1. The van der Waals surface area contributed by atoms with Crippen LogP contribution in [0.3, 0.4) is 0 Å². The van der Waals surface area contributed by atoms with Gasteiger partial charge in [0.15, 0.2) is 0 Å². The molecule has 7 heteroatoms. The zero-order chi connectivity index (χ0) is 17.8. The smallest absolute Gasteiger partial charge is 0.255 e. The van der Waals surface area contributed by atoms with Crippen LogP contribution in [0.1, 0.15) is 15.9 Å². The number of halogens is 2. The number of hydrogen-bond donors (Lipinski definition) is 0. The summed E-state index contributed by atoms with van der Waals surface area (Å²) in [6, 6.07) is 6.32. The van der Waals surface area contributed by atoms with Crippen molar-refractivity contribution in [1.82, 2.24) is 14.8 Å². The number of nitrogens with zero attached hydrogens (tertiary/aromatic N) is 3. The van der Waals surface area contributed by atoms with Gasteiger partial charge in [0, 0.05) is 55.2 Å². The number of pyridine rings is 1. The summed E-state index contributed by atoms with van der Waals surface area (Å²) in [6.07, 6.45) is 3.23. The summed E-state index contributed by atoms with van der Waals surface area (Å²) in [5.41, 5.74) is 1.40. The van der Waals surface area contributed by atoms with Crippen LogP contribution in [0.25, 0.3) is 0 Å². The molecule has 0 atom stereocenters. The summed E-state index contributed by atoms with van der Waals surface area (Å²) in [5.74, 6) is 0.392. The fourth-order valence-corrected chi connectivity index (χ4v) is 3.30. The van der Waals surface area contributed by atoms with Crippen molar-refractivity contribution in [1.29, 1.82) is 0 Å². The maximum absolute atomic E-state index is 13.5. The fourth-order valence-electron chi connectivity index (χ4n) is 2.93. The Labute approximate surface area is 154 Å². The van der Waals surface area contributed by atoms with E-state index in [1.807, 2.05) is 4.90 Å². The Morgan fingerprint density at radius 1 is 1.24 bits per heavy atom. The minimum absolute atomic E-state index is 0.0169. The number of hydrogen-bond acceptors (Lipinski definition) is 4. The molecule has 1 aliphatic heterocycles. The Morgan fingerprint density at radius 2 is 2.00 bits per heavy atom. The van der Waals surface area contributed by atoms with Crippen LogP contribution in [0.4, 0.5) is 4.39 Å². The molecule has 2 heterocycles. The van der Waals surface area contributed by atoms with Crippen LogP contribution in [0.5, 0.6) is 5.75 Å². The molecule has 0 N–H and O–H groups in total. The second-order valence-electron chi connectivity index (χ2n) is 5.92. The van der Waals surface area contributed by atoms with Crippen LogP contribution in [0.15, 0.2) is 41.1 Å². The number of piperazine rings is 1. The normalized spacial score (nSPS) is 15.2. The van der Waals surface area contributed by atoms with Crippen molar-refractivity contribution in [2.45, 2.75) is 6.54 Å².